The number of likely N-dealkylation sites (tertiary alicyclic amines) is 1. The normalized spacial score (nSPS) is 24.0. The minimum Gasteiger partial charge on any atom is -0.493 e. The number of benzene rings is 1. The number of nitrogens with one attached hydrogen (secondary N) is 2. The Hall–Kier alpha value is -1.99. The monoisotopic (exact) mass is 425 g/mol. The van der Waals surface area contributed by atoms with E-state index in [9.17, 15) is 9.59 Å². The predicted molar refractivity (Wildman–Crippen MR) is 114 cm³/mol. The Labute approximate surface area is 178 Å². The van der Waals surface area contributed by atoms with E-state index in [1.165, 1.54) is 0 Å². The number of amides is 2. The summed E-state index contributed by atoms with van der Waals surface area (Å²) in [5, 5.41) is 6.50. The Kier molecular flexibility index (Phi) is 8.59. The second kappa shape index (κ2) is 10.7. The van der Waals surface area contributed by atoms with Crippen LogP contribution in [0, 0.1) is 11.8 Å². The molecule has 3 rings (SSSR count). The molecule has 0 bridgehead atoms. The van der Waals surface area contributed by atoms with E-state index < -0.39 is 0 Å². The molecule has 0 spiro atoms. The van der Waals surface area contributed by atoms with Gasteiger partial charge in [-0.3, -0.25) is 9.59 Å². The molecule has 3 atom stereocenters. The summed E-state index contributed by atoms with van der Waals surface area (Å²) < 4.78 is 10.6. The Balaban J connectivity index is 0.00000300. The molecule has 2 aliphatic rings. The lowest BCUT2D eigenvalue weighted by molar-refractivity contribution is -0.129. The van der Waals surface area contributed by atoms with Crippen molar-refractivity contribution in [1.82, 2.24) is 15.5 Å². The number of nitrogens with zero attached hydrogens (tertiary/aromatic N) is 1. The number of rotatable bonds is 7. The molecule has 29 heavy (non-hydrogen) atoms. The van der Waals surface area contributed by atoms with Gasteiger partial charge in [-0.2, -0.15) is 0 Å². The van der Waals surface area contributed by atoms with Gasteiger partial charge in [-0.1, -0.05) is 13.0 Å². The zero-order chi connectivity index (χ0) is 20.1. The van der Waals surface area contributed by atoms with Crippen LogP contribution in [0.1, 0.15) is 25.3 Å². The van der Waals surface area contributed by atoms with Crippen LogP contribution in [0.2, 0.25) is 0 Å². The molecule has 3 unspecified atom stereocenters. The van der Waals surface area contributed by atoms with Crippen LogP contribution in [0.5, 0.6) is 11.5 Å². The summed E-state index contributed by atoms with van der Waals surface area (Å²) in [6, 6.07) is 5.98. The molecule has 0 radical (unpaired) electrons. The number of carbonyl (C=O) groups is 2. The number of halogens is 1. The number of hydrogen-bond donors (Lipinski definition) is 2. The van der Waals surface area contributed by atoms with Crippen molar-refractivity contribution in [2.24, 2.45) is 11.8 Å². The van der Waals surface area contributed by atoms with Gasteiger partial charge < -0.3 is 25.0 Å². The highest BCUT2D eigenvalue weighted by Crippen LogP contribution is 2.28. The fourth-order valence-electron chi connectivity index (χ4n) is 3.99. The van der Waals surface area contributed by atoms with E-state index in [1.807, 2.05) is 18.2 Å². The Bertz CT molecular complexity index is 715. The highest BCUT2D eigenvalue weighted by atomic mass is 35.5. The molecule has 1 aromatic carbocycles. The van der Waals surface area contributed by atoms with Gasteiger partial charge in [0.1, 0.15) is 0 Å². The fourth-order valence-corrected chi connectivity index (χ4v) is 3.99. The van der Waals surface area contributed by atoms with Gasteiger partial charge in [0.15, 0.2) is 11.5 Å². The molecule has 2 N–H and O–H groups in total. The van der Waals surface area contributed by atoms with Gasteiger partial charge in [0, 0.05) is 25.6 Å². The zero-order valence-corrected chi connectivity index (χ0v) is 18.2. The fraction of sp³-hybridized carbons (Fsp3) is 0.619. The first-order chi connectivity index (χ1) is 13.5. The lowest BCUT2D eigenvalue weighted by Gasteiger charge is -2.31. The summed E-state index contributed by atoms with van der Waals surface area (Å²) in [5.74, 6) is 1.60. The van der Waals surface area contributed by atoms with Crippen LogP contribution in [0.3, 0.4) is 0 Å². The van der Waals surface area contributed by atoms with E-state index in [4.69, 9.17) is 9.47 Å². The van der Waals surface area contributed by atoms with Gasteiger partial charge in [0.25, 0.3) is 0 Å². The van der Waals surface area contributed by atoms with Crippen molar-refractivity contribution in [3.05, 3.63) is 23.8 Å². The van der Waals surface area contributed by atoms with Crippen molar-refractivity contribution in [2.75, 3.05) is 40.4 Å². The molecule has 0 aromatic heterocycles. The minimum atomic E-state index is -0.250. The summed E-state index contributed by atoms with van der Waals surface area (Å²) >= 11 is 0. The second-order valence-corrected chi connectivity index (χ2v) is 7.77. The molecular weight excluding hydrogens is 394 g/mol. The van der Waals surface area contributed by atoms with Crippen molar-refractivity contribution < 1.29 is 19.1 Å². The summed E-state index contributed by atoms with van der Waals surface area (Å²) in [6.45, 7) is 5.09. The lowest BCUT2D eigenvalue weighted by atomic mass is 9.94. The summed E-state index contributed by atoms with van der Waals surface area (Å²) in [7, 11) is 3.22. The van der Waals surface area contributed by atoms with Gasteiger partial charge in [0.05, 0.1) is 20.1 Å². The first-order valence-electron chi connectivity index (χ1n) is 10.0. The molecule has 8 heteroatoms. The highest BCUT2D eigenvalue weighted by molar-refractivity contribution is 5.89. The van der Waals surface area contributed by atoms with Crippen LogP contribution in [-0.4, -0.2) is 63.2 Å². The number of ether oxygens (including phenoxy) is 2. The Morgan fingerprint density at radius 3 is 2.72 bits per heavy atom. The van der Waals surface area contributed by atoms with E-state index in [0.29, 0.717) is 43.3 Å². The summed E-state index contributed by atoms with van der Waals surface area (Å²) in [6.07, 6.45) is 1.96. The molecule has 0 saturated carbocycles. The summed E-state index contributed by atoms with van der Waals surface area (Å²) in [4.78, 5) is 26.8. The van der Waals surface area contributed by atoms with Crippen molar-refractivity contribution in [3.63, 3.8) is 0 Å². The van der Waals surface area contributed by atoms with Gasteiger partial charge in [0.2, 0.25) is 11.8 Å². The van der Waals surface area contributed by atoms with Gasteiger partial charge in [-0.05, 0) is 49.5 Å². The average molecular weight is 426 g/mol. The van der Waals surface area contributed by atoms with Crippen LogP contribution in [0.4, 0.5) is 0 Å². The zero-order valence-electron chi connectivity index (χ0n) is 17.4. The average Bonchev–Trinajstić information content (AvgIpc) is 3.08. The topological polar surface area (TPSA) is 79.9 Å². The lowest BCUT2D eigenvalue weighted by Crippen LogP contribution is -2.50. The molecule has 1 aromatic rings. The minimum absolute atomic E-state index is 0. The van der Waals surface area contributed by atoms with E-state index in [2.05, 4.69) is 17.6 Å². The smallest absolute Gasteiger partial charge is 0.225 e. The van der Waals surface area contributed by atoms with Gasteiger partial charge in [-0.25, -0.2) is 0 Å². The number of methoxy groups -OCH3 is 2. The second-order valence-electron chi connectivity index (χ2n) is 7.77. The van der Waals surface area contributed by atoms with Crippen molar-refractivity contribution >= 4 is 24.2 Å². The van der Waals surface area contributed by atoms with Crippen LogP contribution in [0.15, 0.2) is 18.2 Å². The number of carbonyl (C=O) groups excluding carboxylic acids is 2. The first-order valence-corrected chi connectivity index (χ1v) is 10.0. The van der Waals surface area contributed by atoms with Crippen molar-refractivity contribution in [3.8, 4) is 11.5 Å². The Morgan fingerprint density at radius 2 is 2.03 bits per heavy atom. The maximum absolute atomic E-state index is 12.6. The van der Waals surface area contributed by atoms with E-state index >= 15 is 0 Å². The van der Waals surface area contributed by atoms with Crippen molar-refractivity contribution in [2.45, 2.75) is 32.2 Å². The van der Waals surface area contributed by atoms with Gasteiger partial charge >= 0.3 is 0 Å². The molecule has 2 fully saturated rings. The van der Waals surface area contributed by atoms with Gasteiger partial charge in [-0.15, -0.1) is 12.4 Å². The maximum Gasteiger partial charge on any atom is 0.225 e. The predicted octanol–water partition coefficient (Wildman–Crippen LogP) is 1.63. The van der Waals surface area contributed by atoms with Crippen LogP contribution < -0.4 is 20.1 Å². The molecule has 2 aliphatic heterocycles. The molecule has 0 aliphatic carbocycles. The first kappa shape index (κ1) is 23.3. The maximum atomic E-state index is 12.6. The molecule has 7 nitrogen and oxygen atoms in total. The molecular formula is C21H32ClN3O4. The van der Waals surface area contributed by atoms with Crippen LogP contribution in [-0.2, 0) is 16.0 Å². The molecule has 162 valence electrons. The molecule has 2 saturated heterocycles. The van der Waals surface area contributed by atoms with E-state index in [-0.39, 0.29) is 36.2 Å². The Morgan fingerprint density at radius 1 is 1.28 bits per heavy atom. The van der Waals surface area contributed by atoms with E-state index in [1.54, 1.807) is 19.1 Å². The summed E-state index contributed by atoms with van der Waals surface area (Å²) in [5.41, 5.74) is 1.07. The molecule has 2 heterocycles. The number of hydrogen-bond acceptors (Lipinski definition) is 5. The third-order valence-electron chi connectivity index (χ3n) is 5.82. The standard InChI is InChI=1S/C21H31N3O4.ClH/c1-14-12-22-8-6-17(14)23-21(26)16-11-20(25)24(13-16)9-7-15-4-5-18(27-2)19(10-15)28-3;/h4-5,10,14,16-17,22H,6-9,11-13H2,1-3H3,(H,23,26);1H. The SMILES string of the molecule is COc1ccc(CCN2CC(C(=O)NC3CCNCC3C)CC2=O)cc1OC.Cl. The highest BCUT2D eigenvalue weighted by Gasteiger charge is 2.35. The third kappa shape index (κ3) is 5.76. The van der Waals surface area contributed by atoms with Crippen LogP contribution >= 0.6 is 12.4 Å². The third-order valence-corrected chi connectivity index (χ3v) is 5.82. The van der Waals surface area contributed by atoms with E-state index in [0.717, 1.165) is 25.1 Å². The number of piperidine rings is 1. The quantitative estimate of drug-likeness (QED) is 0.694. The largest absolute Gasteiger partial charge is 0.493 e. The van der Waals surface area contributed by atoms with Crippen molar-refractivity contribution in [1.29, 1.82) is 0 Å². The van der Waals surface area contributed by atoms with Crippen LogP contribution in [0.25, 0.3) is 0 Å². The molecule has 2 amide bonds.